The molecule has 1 spiro atoms. The SMILES string of the molecule is CCNC(=O)N1CCC2(CCn3nc(C4=CN(C)C5NCC(c6ccncc6)C5=C4)cc32)C1. The van der Waals surface area contributed by atoms with Crippen molar-refractivity contribution in [3.63, 3.8) is 0 Å². The van der Waals surface area contributed by atoms with Gasteiger partial charge < -0.3 is 15.1 Å². The highest BCUT2D eigenvalue weighted by molar-refractivity contribution is 5.76. The Morgan fingerprint density at radius 3 is 2.91 bits per heavy atom. The molecule has 0 aliphatic carbocycles. The number of fused-ring (bicyclic) bond motifs is 3. The zero-order chi connectivity index (χ0) is 22.6. The average Bonchev–Trinajstić information content (AvgIpc) is 3.59. The number of likely N-dealkylation sites (tertiary alicyclic amines) is 1. The first-order valence-electron chi connectivity index (χ1n) is 12.0. The Morgan fingerprint density at radius 1 is 1.27 bits per heavy atom. The molecule has 3 atom stereocenters. The fraction of sp³-hybridized carbons (Fsp3) is 0.480. The van der Waals surface area contributed by atoms with E-state index in [1.54, 1.807) is 0 Å². The number of rotatable bonds is 3. The molecule has 2 saturated heterocycles. The van der Waals surface area contributed by atoms with Crippen LogP contribution in [-0.4, -0.2) is 70.0 Å². The van der Waals surface area contributed by atoms with Gasteiger partial charge in [-0.2, -0.15) is 5.10 Å². The van der Waals surface area contributed by atoms with Crippen LogP contribution in [0.2, 0.25) is 0 Å². The van der Waals surface area contributed by atoms with E-state index in [0.29, 0.717) is 12.5 Å². The number of hydrogen-bond donors (Lipinski definition) is 2. The van der Waals surface area contributed by atoms with Gasteiger partial charge in [-0.25, -0.2) is 4.79 Å². The fourth-order valence-corrected chi connectivity index (χ4v) is 6.10. The summed E-state index contributed by atoms with van der Waals surface area (Å²) in [5.74, 6) is 0.338. The van der Waals surface area contributed by atoms with E-state index in [9.17, 15) is 4.79 Å². The van der Waals surface area contributed by atoms with Gasteiger partial charge in [-0.3, -0.25) is 15.0 Å². The maximum Gasteiger partial charge on any atom is 0.317 e. The fourth-order valence-electron chi connectivity index (χ4n) is 6.10. The second-order valence-electron chi connectivity index (χ2n) is 9.71. The molecule has 2 aromatic rings. The molecule has 2 amide bonds. The van der Waals surface area contributed by atoms with E-state index in [1.165, 1.54) is 16.8 Å². The zero-order valence-electron chi connectivity index (χ0n) is 19.3. The number of hydrogen-bond acceptors (Lipinski definition) is 5. The molecule has 0 bridgehead atoms. The molecular formula is C25H31N7O. The van der Waals surface area contributed by atoms with Gasteiger partial charge in [-0.1, -0.05) is 0 Å². The third-order valence-electron chi connectivity index (χ3n) is 7.80. The smallest absolute Gasteiger partial charge is 0.317 e. The van der Waals surface area contributed by atoms with Crippen LogP contribution in [0.4, 0.5) is 4.79 Å². The largest absolute Gasteiger partial charge is 0.361 e. The molecule has 0 radical (unpaired) electrons. The molecule has 2 aromatic heterocycles. The van der Waals surface area contributed by atoms with Gasteiger partial charge in [0, 0.05) is 81.0 Å². The van der Waals surface area contributed by atoms with Crippen molar-refractivity contribution < 1.29 is 4.79 Å². The average molecular weight is 446 g/mol. The van der Waals surface area contributed by atoms with Gasteiger partial charge in [-0.05, 0) is 55.2 Å². The van der Waals surface area contributed by atoms with Crippen LogP contribution < -0.4 is 10.6 Å². The summed E-state index contributed by atoms with van der Waals surface area (Å²) in [5, 5.41) is 11.6. The van der Waals surface area contributed by atoms with E-state index >= 15 is 0 Å². The molecule has 8 heteroatoms. The molecule has 0 aromatic carbocycles. The molecule has 6 rings (SSSR count). The van der Waals surface area contributed by atoms with Crippen molar-refractivity contribution in [2.45, 2.75) is 43.8 Å². The summed E-state index contributed by atoms with van der Waals surface area (Å²) >= 11 is 0. The van der Waals surface area contributed by atoms with E-state index in [2.05, 4.69) is 62.7 Å². The second kappa shape index (κ2) is 7.73. The van der Waals surface area contributed by atoms with Gasteiger partial charge in [0.15, 0.2) is 0 Å². The summed E-state index contributed by atoms with van der Waals surface area (Å²) < 4.78 is 2.18. The van der Waals surface area contributed by atoms with Crippen LogP contribution in [0.25, 0.3) is 5.57 Å². The van der Waals surface area contributed by atoms with Crippen LogP contribution in [0.15, 0.2) is 48.4 Å². The van der Waals surface area contributed by atoms with Crippen molar-refractivity contribution in [3.8, 4) is 0 Å². The molecule has 172 valence electrons. The minimum Gasteiger partial charge on any atom is -0.361 e. The molecule has 4 aliphatic heterocycles. The molecular weight excluding hydrogens is 414 g/mol. The maximum atomic E-state index is 12.4. The first-order chi connectivity index (χ1) is 16.1. The number of aryl methyl sites for hydroxylation is 1. The lowest BCUT2D eigenvalue weighted by Gasteiger charge is -2.30. The first kappa shape index (κ1) is 20.5. The van der Waals surface area contributed by atoms with E-state index in [-0.39, 0.29) is 17.6 Å². The number of amides is 2. The van der Waals surface area contributed by atoms with Gasteiger partial charge in [0.2, 0.25) is 0 Å². The number of nitrogens with zero attached hydrogens (tertiary/aromatic N) is 5. The highest BCUT2D eigenvalue weighted by Gasteiger charge is 2.47. The van der Waals surface area contributed by atoms with E-state index in [4.69, 9.17) is 5.10 Å². The van der Waals surface area contributed by atoms with E-state index in [1.807, 2.05) is 24.2 Å². The highest BCUT2D eigenvalue weighted by atomic mass is 16.2. The highest BCUT2D eigenvalue weighted by Crippen LogP contribution is 2.44. The number of aromatic nitrogens is 3. The Labute approximate surface area is 194 Å². The van der Waals surface area contributed by atoms with Crippen molar-refractivity contribution >= 4 is 11.6 Å². The third-order valence-corrected chi connectivity index (χ3v) is 7.80. The minimum absolute atomic E-state index is 0.0294. The standard InChI is InChI=1S/C25H31N7O/c1-3-27-24(33)31-10-6-25(16-31)7-11-32-22(25)13-21(29-32)18-12-19-20(17-4-8-26-9-5-17)14-28-23(19)30(2)15-18/h4-5,8-9,12-13,15,20,23,28H,3,6-7,10-11,14,16H2,1-2H3,(H,27,33). The summed E-state index contributed by atoms with van der Waals surface area (Å²) in [6, 6.07) is 6.55. The Morgan fingerprint density at radius 2 is 2.09 bits per heavy atom. The van der Waals surface area contributed by atoms with Crippen molar-refractivity contribution in [2.24, 2.45) is 0 Å². The van der Waals surface area contributed by atoms with Crippen LogP contribution in [0.5, 0.6) is 0 Å². The van der Waals surface area contributed by atoms with Crippen molar-refractivity contribution in [3.05, 3.63) is 65.4 Å². The lowest BCUT2D eigenvalue weighted by atomic mass is 9.82. The van der Waals surface area contributed by atoms with Crippen LogP contribution in [0.1, 0.15) is 42.6 Å². The first-order valence-corrected chi connectivity index (χ1v) is 12.0. The lowest BCUT2D eigenvalue weighted by Crippen LogP contribution is -2.40. The van der Waals surface area contributed by atoms with Crippen LogP contribution in [0, 0.1) is 0 Å². The molecule has 3 unspecified atom stereocenters. The minimum atomic E-state index is 0.0294. The van der Waals surface area contributed by atoms with Gasteiger partial charge >= 0.3 is 6.03 Å². The van der Waals surface area contributed by atoms with Gasteiger partial charge in [-0.15, -0.1) is 0 Å². The number of nitrogens with one attached hydrogen (secondary N) is 2. The summed E-state index contributed by atoms with van der Waals surface area (Å²) in [5.41, 5.74) is 6.17. The third kappa shape index (κ3) is 3.27. The van der Waals surface area contributed by atoms with E-state index in [0.717, 1.165) is 50.3 Å². The molecule has 6 heterocycles. The molecule has 4 aliphatic rings. The van der Waals surface area contributed by atoms with Crippen molar-refractivity contribution in [1.82, 2.24) is 35.2 Å². The Bertz CT molecular complexity index is 1140. The van der Waals surface area contributed by atoms with Gasteiger partial charge in [0.05, 0.1) is 5.69 Å². The lowest BCUT2D eigenvalue weighted by molar-refractivity contribution is 0.206. The number of allylic oxidation sites excluding steroid dienone is 2. The van der Waals surface area contributed by atoms with Crippen molar-refractivity contribution in [1.29, 1.82) is 0 Å². The van der Waals surface area contributed by atoms with Crippen LogP contribution in [-0.2, 0) is 12.0 Å². The zero-order valence-corrected chi connectivity index (χ0v) is 19.3. The number of likely N-dealkylation sites (N-methyl/N-ethyl adjacent to an activating group) is 1. The summed E-state index contributed by atoms with van der Waals surface area (Å²) in [7, 11) is 2.13. The predicted octanol–water partition coefficient (Wildman–Crippen LogP) is 2.28. The molecule has 8 nitrogen and oxygen atoms in total. The Balaban J connectivity index is 1.29. The number of pyridine rings is 1. The summed E-state index contributed by atoms with van der Waals surface area (Å²) in [6.45, 7) is 6.06. The van der Waals surface area contributed by atoms with Gasteiger partial charge in [0.1, 0.15) is 6.17 Å². The maximum absolute atomic E-state index is 12.4. The quantitative estimate of drug-likeness (QED) is 0.758. The number of carbonyl (C=O) groups is 1. The second-order valence-corrected chi connectivity index (χ2v) is 9.71. The number of carbonyl (C=O) groups excluding carboxylic acids is 1. The van der Waals surface area contributed by atoms with Crippen LogP contribution >= 0.6 is 0 Å². The van der Waals surface area contributed by atoms with Gasteiger partial charge in [0.25, 0.3) is 0 Å². The van der Waals surface area contributed by atoms with E-state index < -0.39 is 0 Å². The monoisotopic (exact) mass is 445 g/mol. The Kier molecular flexibility index (Phi) is 4.79. The van der Waals surface area contributed by atoms with Crippen LogP contribution in [0.3, 0.4) is 0 Å². The summed E-state index contributed by atoms with van der Waals surface area (Å²) in [6.07, 6.45) is 10.6. The topological polar surface area (TPSA) is 78.3 Å². The van der Waals surface area contributed by atoms with Crippen molar-refractivity contribution in [2.75, 3.05) is 33.2 Å². The number of urea groups is 1. The predicted molar refractivity (Wildman–Crippen MR) is 126 cm³/mol. The molecule has 2 fully saturated rings. The summed E-state index contributed by atoms with van der Waals surface area (Å²) in [4.78, 5) is 20.8. The molecule has 33 heavy (non-hydrogen) atoms. The molecule has 0 saturated carbocycles. The normalized spacial score (nSPS) is 28.1. The Hall–Kier alpha value is -3.13. The molecule has 2 N–H and O–H groups in total.